The van der Waals surface area contributed by atoms with Gasteiger partial charge in [0.1, 0.15) is 0 Å². The van der Waals surface area contributed by atoms with Gasteiger partial charge in [-0.2, -0.15) is 4.99 Å². The summed E-state index contributed by atoms with van der Waals surface area (Å²) in [6.45, 7) is 6.16. The SMILES string of the molecule is C=CCn1c(=NC(=O)CCCC)sc2ccc([N+](=O)[O-])cc21. The number of nitro groups is 1. The van der Waals surface area contributed by atoms with Crippen molar-refractivity contribution in [1.82, 2.24) is 4.57 Å². The molecule has 0 radical (unpaired) electrons. The number of aromatic nitrogens is 1. The number of hydrogen-bond donors (Lipinski definition) is 0. The molecule has 6 nitrogen and oxygen atoms in total. The molecular formula is C15H17N3O3S. The molecule has 2 rings (SSSR count). The van der Waals surface area contributed by atoms with Crippen molar-refractivity contribution in [1.29, 1.82) is 0 Å². The molecule has 0 saturated carbocycles. The Kier molecular flexibility index (Phi) is 5.21. The molecule has 0 atom stereocenters. The molecule has 0 aliphatic rings. The molecule has 7 heteroatoms. The topological polar surface area (TPSA) is 77.5 Å². The standard InChI is InChI=1S/C15H17N3O3S/c1-3-5-6-14(19)16-15-17(9-4-2)12-10-11(18(20)21)7-8-13(12)22-15/h4,7-8,10H,2-3,5-6,9H2,1H3. The number of hydrogen-bond acceptors (Lipinski definition) is 4. The highest BCUT2D eigenvalue weighted by Gasteiger charge is 2.12. The van der Waals surface area contributed by atoms with Gasteiger partial charge in [-0.15, -0.1) is 6.58 Å². The first-order valence-electron chi connectivity index (χ1n) is 7.03. The monoisotopic (exact) mass is 319 g/mol. The normalized spacial score (nSPS) is 11.8. The number of benzene rings is 1. The van der Waals surface area contributed by atoms with Gasteiger partial charge in [0.15, 0.2) is 4.80 Å². The van der Waals surface area contributed by atoms with Crippen LogP contribution in [0.1, 0.15) is 26.2 Å². The summed E-state index contributed by atoms with van der Waals surface area (Å²) in [6.07, 6.45) is 3.84. The number of nitro benzene ring substituents is 1. The molecule has 1 aromatic heterocycles. The minimum absolute atomic E-state index is 0.0203. The average molecular weight is 319 g/mol. The van der Waals surface area contributed by atoms with Crippen LogP contribution in [0.15, 0.2) is 35.8 Å². The number of carbonyl (C=O) groups is 1. The largest absolute Gasteiger partial charge is 0.312 e. The Balaban J connectivity index is 2.56. The van der Waals surface area contributed by atoms with Crippen LogP contribution in [0.2, 0.25) is 0 Å². The molecule has 116 valence electrons. The summed E-state index contributed by atoms with van der Waals surface area (Å²) in [5, 5.41) is 10.9. The van der Waals surface area contributed by atoms with Gasteiger partial charge >= 0.3 is 0 Å². The predicted octanol–water partition coefficient (Wildman–Crippen LogP) is 3.41. The van der Waals surface area contributed by atoms with Gasteiger partial charge in [-0.25, -0.2) is 0 Å². The van der Waals surface area contributed by atoms with E-state index in [0.29, 0.717) is 23.3 Å². The van der Waals surface area contributed by atoms with Crippen molar-refractivity contribution < 1.29 is 9.72 Å². The summed E-state index contributed by atoms with van der Waals surface area (Å²) in [6, 6.07) is 4.65. The maximum atomic E-state index is 11.9. The van der Waals surface area contributed by atoms with Crippen LogP contribution in [0.25, 0.3) is 10.2 Å². The summed E-state index contributed by atoms with van der Waals surface area (Å²) < 4.78 is 2.64. The van der Waals surface area contributed by atoms with Crippen LogP contribution in [0.4, 0.5) is 5.69 Å². The van der Waals surface area contributed by atoms with Gasteiger partial charge in [0.2, 0.25) is 5.91 Å². The molecule has 1 heterocycles. The summed E-state index contributed by atoms with van der Waals surface area (Å²) >= 11 is 1.35. The Hall–Kier alpha value is -2.28. The number of carbonyl (C=O) groups excluding carboxylic acids is 1. The summed E-state index contributed by atoms with van der Waals surface area (Å²) in [4.78, 5) is 27.1. The van der Waals surface area contributed by atoms with Crippen molar-refractivity contribution in [2.45, 2.75) is 32.7 Å². The number of nitrogens with zero attached hydrogens (tertiary/aromatic N) is 3. The number of unbranched alkanes of at least 4 members (excludes halogenated alkanes) is 1. The number of amides is 1. The molecule has 22 heavy (non-hydrogen) atoms. The van der Waals surface area contributed by atoms with E-state index < -0.39 is 4.92 Å². The van der Waals surface area contributed by atoms with Crippen LogP contribution in [0.3, 0.4) is 0 Å². The maximum absolute atomic E-state index is 11.9. The fourth-order valence-electron chi connectivity index (χ4n) is 2.05. The number of allylic oxidation sites excluding steroid dienone is 1. The molecule has 0 aliphatic carbocycles. The van der Waals surface area contributed by atoms with Crippen LogP contribution in [0.5, 0.6) is 0 Å². The summed E-state index contributed by atoms with van der Waals surface area (Å²) in [5.74, 6) is -0.166. The average Bonchev–Trinajstić information content (AvgIpc) is 2.82. The molecule has 0 fully saturated rings. The van der Waals surface area contributed by atoms with Gasteiger partial charge in [-0.05, 0) is 12.5 Å². The van der Waals surface area contributed by atoms with E-state index in [4.69, 9.17) is 0 Å². The predicted molar refractivity (Wildman–Crippen MR) is 86.8 cm³/mol. The van der Waals surface area contributed by atoms with Crippen LogP contribution in [-0.4, -0.2) is 15.4 Å². The lowest BCUT2D eigenvalue weighted by Crippen LogP contribution is -2.16. The van der Waals surface area contributed by atoms with Crippen LogP contribution in [-0.2, 0) is 11.3 Å². The molecule has 0 N–H and O–H groups in total. The zero-order chi connectivity index (χ0) is 16.1. The molecule has 0 spiro atoms. The lowest BCUT2D eigenvalue weighted by Gasteiger charge is -2.00. The Morgan fingerprint density at radius 2 is 2.32 bits per heavy atom. The van der Waals surface area contributed by atoms with E-state index in [2.05, 4.69) is 11.6 Å². The van der Waals surface area contributed by atoms with Crippen molar-refractivity contribution >= 4 is 33.1 Å². The second kappa shape index (κ2) is 7.13. The molecule has 0 saturated heterocycles. The highest BCUT2D eigenvalue weighted by Crippen LogP contribution is 2.23. The number of non-ortho nitro benzene ring substituents is 1. The van der Waals surface area contributed by atoms with Crippen LogP contribution in [0, 0.1) is 10.1 Å². The van der Waals surface area contributed by atoms with Gasteiger partial charge in [0.25, 0.3) is 5.69 Å². The first-order valence-corrected chi connectivity index (χ1v) is 7.84. The van der Waals surface area contributed by atoms with Gasteiger partial charge in [-0.1, -0.05) is 30.8 Å². The second-order valence-electron chi connectivity index (χ2n) is 4.80. The third-order valence-electron chi connectivity index (χ3n) is 3.15. The van der Waals surface area contributed by atoms with Crippen molar-refractivity contribution in [2.75, 3.05) is 0 Å². The second-order valence-corrected chi connectivity index (χ2v) is 5.81. The summed E-state index contributed by atoms with van der Waals surface area (Å²) in [7, 11) is 0. The lowest BCUT2D eigenvalue weighted by molar-refractivity contribution is -0.384. The van der Waals surface area contributed by atoms with E-state index in [0.717, 1.165) is 17.5 Å². The molecule has 0 bridgehead atoms. The molecular weight excluding hydrogens is 302 g/mol. The van der Waals surface area contributed by atoms with Crippen LogP contribution >= 0.6 is 11.3 Å². The first-order chi connectivity index (χ1) is 10.6. The Bertz CT molecular complexity index is 789. The van der Waals surface area contributed by atoms with E-state index in [1.807, 2.05) is 6.92 Å². The highest BCUT2D eigenvalue weighted by molar-refractivity contribution is 7.16. The van der Waals surface area contributed by atoms with E-state index >= 15 is 0 Å². The third kappa shape index (κ3) is 3.48. The number of fused-ring (bicyclic) bond motifs is 1. The minimum atomic E-state index is -0.432. The number of rotatable bonds is 6. The molecule has 0 unspecified atom stereocenters. The fraction of sp³-hybridized carbons (Fsp3) is 0.333. The zero-order valence-electron chi connectivity index (χ0n) is 12.3. The highest BCUT2D eigenvalue weighted by atomic mass is 32.1. The van der Waals surface area contributed by atoms with E-state index in [1.165, 1.54) is 23.5 Å². The van der Waals surface area contributed by atoms with Gasteiger partial charge in [0.05, 0.1) is 15.1 Å². The smallest absolute Gasteiger partial charge is 0.271 e. The van der Waals surface area contributed by atoms with Gasteiger partial charge < -0.3 is 4.57 Å². The quantitative estimate of drug-likeness (QED) is 0.465. The fourth-order valence-corrected chi connectivity index (χ4v) is 3.09. The Morgan fingerprint density at radius 1 is 1.55 bits per heavy atom. The van der Waals surface area contributed by atoms with Crippen molar-refractivity contribution in [3.8, 4) is 0 Å². The maximum Gasteiger partial charge on any atom is 0.271 e. The zero-order valence-corrected chi connectivity index (χ0v) is 13.1. The van der Waals surface area contributed by atoms with E-state index in [9.17, 15) is 14.9 Å². The van der Waals surface area contributed by atoms with E-state index in [1.54, 1.807) is 16.7 Å². The van der Waals surface area contributed by atoms with Crippen molar-refractivity contribution in [3.05, 3.63) is 45.8 Å². The molecule has 1 amide bonds. The molecule has 2 aromatic rings. The Morgan fingerprint density at radius 3 is 2.95 bits per heavy atom. The third-order valence-corrected chi connectivity index (χ3v) is 4.21. The first kappa shape index (κ1) is 16.1. The molecule has 0 aliphatic heterocycles. The van der Waals surface area contributed by atoms with Crippen LogP contribution < -0.4 is 4.80 Å². The summed E-state index contributed by atoms with van der Waals surface area (Å²) in [5.41, 5.74) is 0.716. The van der Waals surface area contributed by atoms with Crippen molar-refractivity contribution in [2.24, 2.45) is 4.99 Å². The Labute approximate surface area is 131 Å². The minimum Gasteiger partial charge on any atom is -0.312 e. The van der Waals surface area contributed by atoms with Gasteiger partial charge in [-0.3, -0.25) is 14.9 Å². The number of thiazole rings is 1. The van der Waals surface area contributed by atoms with Gasteiger partial charge in [0, 0.05) is 25.1 Å². The van der Waals surface area contributed by atoms with Crippen molar-refractivity contribution in [3.63, 3.8) is 0 Å². The molecule has 1 aromatic carbocycles. The van der Waals surface area contributed by atoms with E-state index in [-0.39, 0.29) is 11.6 Å². The lowest BCUT2D eigenvalue weighted by atomic mass is 10.2.